The summed E-state index contributed by atoms with van der Waals surface area (Å²) in [5, 5.41) is 6.83. The number of hydrogen-bond acceptors (Lipinski definition) is 5. The van der Waals surface area contributed by atoms with E-state index in [1.165, 1.54) is 12.1 Å². The molecule has 0 bridgehead atoms. The molecule has 3 aromatic carbocycles. The number of nitrogens with one attached hydrogen (secondary N) is 1. The minimum absolute atomic E-state index is 0.135. The Labute approximate surface area is 178 Å². The molecule has 156 valence electrons. The molecule has 1 N–H and O–H groups in total. The average Bonchev–Trinajstić information content (AvgIpc) is 3.29. The van der Waals surface area contributed by atoms with Gasteiger partial charge in [0.25, 0.3) is 11.8 Å². The second kappa shape index (κ2) is 9.21. The highest BCUT2D eigenvalue weighted by atomic mass is 19.1. The molecule has 0 unspecified atom stereocenters. The Morgan fingerprint density at radius 3 is 2.42 bits per heavy atom. The van der Waals surface area contributed by atoms with Gasteiger partial charge in [-0.05, 0) is 48.9 Å². The fourth-order valence-electron chi connectivity index (χ4n) is 3.01. The maximum Gasteiger partial charge on any atom is 0.258 e. The Bertz CT molecular complexity index is 1140. The van der Waals surface area contributed by atoms with Crippen molar-refractivity contribution in [2.75, 3.05) is 6.61 Å². The van der Waals surface area contributed by atoms with Crippen molar-refractivity contribution in [3.8, 4) is 28.6 Å². The van der Waals surface area contributed by atoms with Crippen LogP contribution in [0.3, 0.4) is 0 Å². The Hall–Kier alpha value is -4.00. The van der Waals surface area contributed by atoms with Crippen molar-refractivity contribution >= 4 is 5.91 Å². The molecule has 0 spiro atoms. The van der Waals surface area contributed by atoms with Crippen molar-refractivity contribution in [2.45, 2.75) is 13.0 Å². The Kier molecular flexibility index (Phi) is 6.03. The lowest BCUT2D eigenvalue weighted by molar-refractivity contribution is -0.123. The molecule has 4 rings (SSSR count). The third-order valence-electron chi connectivity index (χ3n) is 4.68. The minimum atomic E-state index is -0.314. The van der Waals surface area contributed by atoms with Crippen LogP contribution in [0.5, 0.6) is 5.75 Å². The highest BCUT2D eigenvalue weighted by Gasteiger charge is 2.12. The standard InChI is InChI=1S/C24H20FN3O3/c1-16(17-7-11-20(25)12-8-17)26-22(29)15-30-21-13-9-19(10-14-21)24-27-23(28-31-24)18-5-3-2-4-6-18/h2-14,16H,15H2,1H3,(H,26,29)/t16-/m0/s1. The van der Waals surface area contributed by atoms with Crippen LogP contribution in [0.2, 0.25) is 0 Å². The smallest absolute Gasteiger partial charge is 0.258 e. The number of carbonyl (C=O) groups is 1. The molecular formula is C24H20FN3O3. The van der Waals surface area contributed by atoms with Gasteiger partial charge in [-0.25, -0.2) is 4.39 Å². The molecule has 0 saturated carbocycles. The predicted octanol–water partition coefficient (Wildman–Crippen LogP) is 4.80. The van der Waals surface area contributed by atoms with Gasteiger partial charge >= 0.3 is 0 Å². The van der Waals surface area contributed by atoms with Crippen molar-refractivity contribution in [2.24, 2.45) is 0 Å². The summed E-state index contributed by atoms with van der Waals surface area (Å²) in [5.74, 6) is 0.867. The largest absolute Gasteiger partial charge is 0.484 e. The Morgan fingerprint density at radius 2 is 1.71 bits per heavy atom. The number of aromatic nitrogens is 2. The van der Waals surface area contributed by atoms with Gasteiger partial charge in [-0.3, -0.25) is 4.79 Å². The van der Waals surface area contributed by atoms with Crippen molar-refractivity contribution < 1.29 is 18.4 Å². The number of nitrogens with zero attached hydrogens (tertiary/aromatic N) is 2. The molecule has 1 amide bonds. The number of ether oxygens (including phenoxy) is 1. The van der Waals surface area contributed by atoms with Gasteiger partial charge in [-0.1, -0.05) is 47.6 Å². The van der Waals surface area contributed by atoms with Crippen LogP contribution >= 0.6 is 0 Å². The summed E-state index contributed by atoms with van der Waals surface area (Å²) < 4.78 is 23.9. The van der Waals surface area contributed by atoms with Crippen LogP contribution in [0.4, 0.5) is 4.39 Å². The second-order valence-corrected chi connectivity index (χ2v) is 6.94. The van der Waals surface area contributed by atoms with E-state index < -0.39 is 0 Å². The van der Waals surface area contributed by atoms with E-state index in [-0.39, 0.29) is 24.4 Å². The number of hydrogen-bond donors (Lipinski definition) is 1. The highest BCUT2D eigenvalue weighted by molar-refractivity contribution is 5.78. The molecule has 0 fully saturated rings. The zero-order valence-electron chi connectivity index (χ0n) is 16.8. The second-order valence-electron chi connectivity index (χ2n) is 6.94. The van der Waals surface area contributed by atoms with Gasteiger partial charge in [0.15, 0.2) is 6.61 Å². The summed E-state index contributed by atoms with van der Waals surface area (Å²) in [5.41, 5.74) is 2.43. The van der Waals surface area contributed by atoms with Crippen LogP contribution in [0.1, 0.15) is 18.5 Å². The molecule has 0 aliphatic rings. The molecular weight excluding hydrogens is 397 g/mol. The van der Waals surface area contributed by atoms with Gasteiger partial charge < -0.3 is 14.6 Å². The molecule has 31 heavy (non-hydrogen) atoms. The van der Waals surface area contributed by atoms with Gasteiger partial charge in [0.1, 0.15) is 11.6 Å². The van der Waals surface area contributed by atoms with Gasteiger partial charge in [0.2, 0.25) is 5.82 Å². The van der Waals surface area contributed by atoms with Crippen molar-refractivity contribution in [3.05, 3.63) is 90.2 Å². The quantitative estimate of drug-likeness (QED) is 0.467. The summed E-state index contributed by atoms with van der Waals surface area (Å²) >= 11 is 0. The SMILES string of the molecule is C[C@H](NC(=O)COc1ccc(-c2nc(-c3ccccc3)no2)cc1)c1ccc(F)cc1. The van der Waals surface area contributed by atoms with E-state index >= 15 is 0 Å². The summed E-state index contributed by atoms with van der Waals surface area (Å²) in [6.45, 7) is 1.69. The van der Waals surface area contributed by atoms with E-state index in [1.54, 1.807) is 36.4 Å². The van der Waals surface area contributed by atoms with E-state index in [0.29, 0.717) is 17.5 Å². The van der Waals surface area contributed by atoms with Crippen LogP contribution in [-0.2, 0) is 4.79 Å². The first-order chi connectivity index (χ1) is 15.1. The van der Waals surface area contributed by atoms with Gasteiger partial charge in [0, 0.05) is 11.1 Å². The molecule has 1 atom stereocenters. The molecule has 7 heteroatoms. The van der Waals surface area contributed by atoms with E-state index in [2.05, 4.69) is 15.5 Å². The normalized spacial score (nSPS) is 11.7. The van der Waals surface area contributed by atoms with Crippen LogP contribution in [-0.4, -0.2) is 22.7 Å². The Balaban J connectivity index is 1.32. The fraction of sp³-hybridized carbons (Fsp3) is 0.125. The summed E-state index contributed by atoms with van der Waals surface area (Å²) in [4.78, 5) is 16.6. The lowest BCUT2D eigenvalue weighted by atomic mass is 10.1. The summed E-state index contributed by atoms with van der Waals surface area (Å²) in [6, 6.07) is 22.4. The van der Waals surface area contributed by atoms with E-state index in [0.717, 1.165) is 16.7 Å². The highest BCUT2D eigenvalue weighted by Crippen LogP contribution is 2.24. The monoisotopic (exact) mass is 417 g/mol. The molecule has 4 aromatic rings. The topological polar surface area (TPSA) is 77.2 Å². The van der Waals surface area contributed by atoms with E-state index in [4.69, 9.17) is 9.26 Å². The summed E-state index contributed by atoms with van der Waals surface area (Å²) in [6.07, 6.45) is 0. The molecule has 1 aromatic heterocycles. The predicted molar refractivity (Wildman–Crippen MR) is 114 cm³/mol. The molecule has 1 heterocycles. The molecule has 0 aliphatic heterocycles. The van der Waals surface area contributed by atoms with Crippen LogP contribution in [0, 0.1) is 5.82 Å². The first-order valence-corrected chi connectivity index (χ1v) is 9.76. The number of amides is 1. The van der Waals surface area contributed by atoms with Gasteiger partial charge in [-0.15, -0.1) is 0 Å². The average molecular weight is 417 g/mol. The van der Waals surface area contributed by atoms with Crippen LogP contribution in [0.25, 0.3) is 22.8 Å². The van der Waals surface area contributed by atoms with E-state index in [9.17, 15) is 9.18 Å². The number of benzene rings is 3. The summed E-state index contributed by atoms with van der Waals surface area (Å²) in [7, 11) is 0. The maximum atomic E-state index is 13.0. The first-order valence-electron chi connectivity index (χ1n) is 9.76. The van der Waals surface area contributed by atoms with Crippen molar-refractivity contribution in [1.82, 2.24) is 15.5 Å². The van der Waals surface area contributed by atoms with Gasteiger partial charge in [-0.2, -0.15) is 4.98 Å². The lowest BCUT2D eigenvalue weighted by Gasteiger charge is -2.14. The zero-order valence-corrected chi connectivity index (χ0v) is 16.8. The first kappa shape index (κ1) is 20.3. The zero-order chi connectivity index (χ0) is 21.6. The third-order valence-corrected chi connectivity index (χ3v) is 4.68. The van der Waals surface area contributed by atoms with Crippen LogP contribution < -0.4 is 10.1 Å². The maximum absolute atomic E-state index is 13.0. The van der Waals surface area contributed by atoms with Crippen LogP contribution in [0.15, 0.2) is 83.4 Å². The lowest BCUT2D eigenvalue weighted by Crippen LogP contribution is -2.31. The molecule has 0 aliphatic carbocycles. The molecule has 0 radical (unpaired) electrons. The Morgan fingerprint density at radius 1 is 1.00 bits per heavy atom. The third kappa shape index (κ3) is 5.14. The minimum Gasteiger partial charge on any atom is -0.484 e. The van der Waals surface area contributed by atoms with Crippen molar-refractivity contribution in [3.63, 3.8) is 0 Å². The molecule has 0 saturated heterocycles. The number of carbonyl (C=O) groups excluding carboxylic acids is 1. The number of rotatable bonds is 7. The molecule has 6 nitrogen and oxygen atoms in total. The fourth-order valence-corrected chi connectivity index (χ4v) is 3.01. The van der Waals surface area contributed by atoms with E-state index in [1.807, 2.05) is 37.3 Å². The van der Waals surface area contributed by atoms with Gasteiger partial charge in [0.05, 0.1) is 6.04 Å². The van der Waals surface area contributed by atoms with Crippen molar-refractivity contribution in [1.29, 1.82) is 0 Å². The number of halogens is 1.